The molecule has 0 bridgehead atoms. The molecule has 2 radical (unpaired) electrons. The molecule has 0 fully saturated rings. The molecule has 0 aliphatic heterocycles. The fourth-order valence-corrected chi connectivity index (χ4v) is 0.968. The Morgan fingerprint density at radius 3 is 1.30 bits per heavy atom. The summed E-state index contributed by atoms with van der Waals surface area (Å²) in [5.74, 6) is 0.488. The van der Waals surface area contributed by atoms with E-state index in [-0.39, 0.29) is 168 Å². The third-order valence-electron chi connectivity index (χ3n) is 2.53. The summed E-state index contributed by atoms with van der Waals surface area (Å²) < 4.78 is 0. The summed E-state index contributed by atoms with van der Waals surface area (Å²) in [6.07, 6.45) is 5.41. The van der Waals surface area contributed by atoms with Gasteiger partial charge in [-0.05, 0) is 0 Å². The van der Waals surface area contributed by atoms with E-state index in [9.17, 15) is 0 Å². The molecular weight excluding hydrogens is 448 g/mol. The van der Waals surface area contributed by atoms with Crippen LogP contribution in [0.2, 0.25) is 0 Å². The maximum absolute atomic E-state index is 3.97. The molecule has 1 atom stereocenters. The Bertz CT molecular complexity index is 161. The minimum atomic E-state index is 0. The smallest absolute Gasteiger partial charge is 0.346 e. The van der Waals surface area contributed by atoms with Gasteiger partial charge in [-0.15, -0.1) is 0 Å². The van der Waals surface area contributed by atoms with Gasteiger partial charge in [-0.3, -0.25) is 0 Å². The predicted molar refractivity (Wildman–Crippen MR) is 76.6 cm³/mol. The van der Waals surface area contributed by atoms with Gasteiger partial charge in [0.2, 0.25) is 0 Å². The van der Waals surface area contributed by atoms with E-state index in [0.717, 1.165) is 19.3 Å². The summed E-state index contributed by atoms with van der Waals surface area (Å²) in [5.41, 5.74) is 0.722. The average Bonchev–Trinajstić information content (AvgIpc) is 2.11. The van der Waals surface area contributed by atoms with E-state index in [1.807, 2.05) is 0 Å². The Kier molecular flexibility index (Phi) is 45.3. The van der Waals surface area contributed by atoms with Crippen LogP contribution in [0.15, 0.2) is 0 Å². The fraction of sp³-hybridized carbons (Fsp3) is 0.750. The molecule has 0 aromatic rings. The zero-order valence-electron chi connectivity index (χ0n) is 15.6. The number of hydrogen-bond donors (Lipinski definition) is 0. The number of unbranched alkanes of at least 4 members (excludes halogenated alkanes) is 1. The minimum Gasteiger partial charge on any atom is -0.346 e. The second kappa shape index (κ2) is 22.5. The van der Waals surface area contributed by atoms with E-state index in [2.05, 4.69) is 68.7 Å². The second-order valence-electron chi connectivity index (χ2n) is 6.56. The molecule has 0 nitrogen and oxygen atoms in total. The quantitative estimate of drug-likeness (QED) is 0.380. The zero-order chi connectivity index (χ0) is 13.4. The fourth-order valence-electron chi connectivity index (χ4n) is 0.968. The van der Waals surface area contributed by atoms with E-state index in [0.29, 0.717) is 16.7 Å². The maximum atomic E-state index is 3.97. The van der Waals surface area contributed by atoms with Crippen LogP contribution in [0.25, 0.3) is 0 Å². The van der Waals surface area contributed by atoms with Gasteiger partial charge >= 0.3 is 103 Å². The van der Waals surface area contributed by atoms with Gasteiger partial charge in [0, 0.05) is 65.4 Å². The maximum Gasteiger partial charge on any atom is 1.00 e. The molecule has 0 aliphatic carbocycles. The number of hydrogen-bond acceptors (Lipinski definition) is 0. The van der Waals surface area contributed by atoms with Crippen molar-refractivity contribution >= 4 is 0 Å². The van der Waals surface area contributed by atoms with Gasteiger partial charge in [0.25, 0.3) is 0 Å². The molecule has 0 aromatic heterocycles. The molecule has 0 saturated heterocycles. The van der Waals surface area contributed by atoms with Crippen LogP contribution in [0.4, 0.5) is 0 Å². The zero-order valence-corrected chi connectivity index (χ0v) is 27.5. The molecule has 0 spiro atoms. The molecule has 0 amide bonds. The largest absolute Gasteiger partial charge is 1.00 e. The van der Waals surface area contributed by atoms with Crippen molar-refractivity contribution in [2.75, 3.05) is 0 Å². The molecular formula is C16H32K2Y2-2. The van der Waals surface area contributed by atoms with E-state index < -0.39 is 0 Å². The van der Waals surface area contributed by atoms with Crippen molar-refractivity contribution in [2.45, 2.75) is 60.8 Å². The second-order valence-corrected chi connectivity index (χ2v) is 6.56. The van der Waals surface area contributed by atoms with Gasteiger partial charge in [-0.1, -0.05) is 47.0 Å². The molecule has 1 unspecified atom stereocenters. The van der Waals surface area contributed by atoms with Crippen LogP contribution in [-0.2, 0) is 65.4 Å². The molecule has 0 rings (SSSR count). The van der Waals surface area contributed by atoms with Crippen LogP contribution in [0, 0.1) is 43.9 Å². The van der Waals surface area contributed by atoms with E-state index in [4.69, 9.17) is 0 Å². The van der Waals surface area contributed by atoms with E-state index >= 15 is 0 Å². The van der Waals surface area contributed by atoms with Crippen LogP contribution in [0.3, 0.4) is 0 Å². The summed E-state index contributed by atoms with van der Waals surface area (Å²) in [6.45, 7) is 24.7. The van der Waals surface area contributed by atoms with Crippen LogP contribution in [0.5, 0.6) is 0 Å². The van der Waals surface area contributed by atoms with Crippen molar-refractivity contribution in [1.29, 1.82) is 0 Å². The Morgan fingerprint density at radius 2 is 1.25 bits per heavy atom. The molecule has 0 heterocycles. The van der Waals surface area contributed by atoms with Gasteiger partial charge < -0.3 is 27.2 Å². The van der Waals surface area contributed by atoms with Gasteiger partial charge in [0.15, 0.2) is 0 Å². The average molecular weight is 480 g/mol. The monoisotopic (exact) mass is 480 g/mol. The topological polar surface area (TPSA) is 0 Å². The van der Waals surface area contributed by atoms with Crippen molar-refractivity contribution in [2.24, 2.45) is 16.7 Å². The first kappa shape index (κ1) is 40.2. The van der Waals surface area contributed by atoms with Crippen LogP contribution >= 0.6 is 0 Å². The molecule has 4 heteroatoms. The molecule has 0 N–H and O–H groups in total. The summed E-state index contributed by atoms with van der Waals surface area (Å²) in [4.78, 5) is 0. The van der Waals surface area contributed by atoms with Gasteiger partial charge in [0.05, 0.1) is 0 Å². The SMILES string of the molecule is [CH2-]CC([CH2-])C(C)(C)C.[CH2-]CC[CH-]C(C)(C)C.[K+].[K+].[Y].[Y]. The van der Waals surface area contributed by atoms with Crippen molar-refractivity contribution in [3.63, 3.8) is 0 Å². The van der Waals surface area contributed by atoms with Crippen molar-refractivity contribution < 1.29 is 168 Å². The van der Waals surface area contributed by atoms with Gasteiger partial charge in [-0.2, -0.15) is 11.3 Å². The Morgan fingerprint density at radius 1 is 0.900 bits per heavy atom. The molecule has 0 aromatic carbocycles. The van der Waals surface area contributed by atoms with E-state index in [1.54, 1.807) is 0 Å². The Labute approximate surface area is 266 Å². The van der Waals surface area contributed by atoms with Crippen LogP contribution < -0.4 is 103 Å². The molecule has 106 valence electrons. The molecule has 0 aliphatic rings. The Balaban J connectivity index is -0.0000000408. The summed E-state index contributed by atoms with van der Waals surface area (Å²) in [5, 5.41) is 0. The summed E-state index contributed by atoms with van der Waals surface area (Å²) in [6, 6.07) is 0. The minimum absolute atomic E-state index is 0. The first-order valence-electron chi connectivity index (χ1n) is 6.30. The number of rotatable bonds is 3. The van der Waals surface area contributed by atoms with Gasteiger partial charge in [-0.25, -0.2) is 19.3 Å². The van der Waals surface area contributed by atoms with Gasteiger partial charge in [0.1, 0.15) is 0 Å². The molecule has 0 saturated carbocycles. The van der Waals surface area contributed by atoms with Crippen LogP contribution in [0.1, 0.15) is 60.8 Å². The van der Waals surface area contributed by atoms with Crippen molar-refractivity contribution in [3.05, 3.63) is 27.2 Å². The Hall–Kier alpha value is 5.48. The third kappa shape index (κ3) is 34.7. The molecule has 20 heavy (non-hydrogen) atoms. The van der Waals surface area contributed by atoms with Crippen molar-refractivity contribution in [1.82, 2.24) is 0 Å². The first-order valence-corrected chi connectivity index (χ1v) is 6.30. The van der Waals surface area contributed by atoms with Crippen molar-refractivity contribution in [3.8, 4) is 0 Å². The van der Waals surface area contributed by atoms with E-state index in [1.165, 1.54) is 0 Å². The standard InChI is InChI=1S/2C8H16.2K.2Y/c1-6-7(2)8(3,4)5;1-5-6-7-8(2,3)4;;;;/h7H,1-2,6H2,3-5H3;7H,1,5-6H2,2-4H3;;;;/q2*-2;2*+1;;. The van der Waals surface area contributed by atoms with Crippen LogP contribution in [-0.4, -0.2) is 0 Å². The summed E-state index contributed by atoms with van der Waals surface area (Å²) >= 11 is 0. The summed E-state index contributed by atoms with van der Waals surface area (Å²) in [7, 11) is 0. The third-order valence-corrected chi connectivity index (χ3v) is 2.53. The first-order chi connectivity index (χ1) is 7.04. The predicted octanol–water partition coefficient (Wildman–Crippen LogP) is -0.439. The normalized spacial score (nSPS) is 11.2.